The Morgan fingerprint density at radius 1 is 0.775 bits per heavy atom. The van der Waals surface area contributed by atoms with Crippen LogP contribution < -0.4 is 16.2 Å². The number of hydrogen-bond acceptors (Lipinski definition) is 6. The molecular formula is C34H42N2O4. The van der Waals surface area contributed by atoms with E-state index in [2.05, 4.69) is 31.2 Å². The number of rotatable bonds is 8. The largest absolute Gasteiger partial charge is 0.426 e. The molecule has 6 heteroatoms. The number of nitrogens with two attached hydrogens (primary N) is 2. The molecule has 4 aromatic rings. The standard InChI is InChI=1S/C22H20O3.C8H11N.C3H9N.CH2O/c1-15-8-10-19(14-23)22-20(25-16(2)24)13-12-18(21(15)22)11-9-17-6-4-3-5-7-17;9-7-6-8-4-2-1-3-5-8;1-2-3-4;1-2/h3-8,10,12-14H,9,11H2,1-2H3;1-5H,6-7,9H2;2-4H2,1H3;1H2. The minimum Gasteiger partial charge on any atom is -0.426 e. The van der Waals surface area contributed by atoms with Crippen LogP contribution in [0.2, 0.25) is 0 Å². The third-order valence-corrected chi connectivity index (χ3v) is 5.92. The molecule has 0 aliphatic heterocycles. The van der Waals surface area contributed by atoms with E-state index in [1.54, 1.807) is 12.1 Å². The summed E-state index contributed by atoms with van der Waals surface area (Å²) in [5.74, 6) is 0.0495. The highest BCUT2D eigenvalue weighted by Gasteiger charge is 2.14. The van der Waals surface area contributed by atoms with E-state index in [9.17, 15) is 9.59 Å². The van der Waals surface area contributed by atoms with Crippen LogP contribution in [-0.4, -0.2) is 32.1 Å². The maximum Gasteiger partial charge on any atom is 0.308 e. The van der Waals surface area contributed by atoms with Crippen molar-refractivity contribution in [2.24, 2.45) is 11.5 Å². The monoisotopic (exact) mass is 542 g/mol. The van der Waals surface area contributed by atoms with Crippen LogP contribution in [0.15, 0.2) is 84.9 Å². The van der Waals surface area contributed by atoms with Crippen molar-refractivity contribution < 1.29 is 19.1 Å². The van der Waals surface area contributed by atoms with Crippen LogP contribution in [0.25, 0.3) is 10.8 Å². The Labute approximate surface area is 238 Å². The number of ether oxygens (including phenoxy) is 1. The van der Waals surface area contributed by atoms with Crippen molar-refractivity contribution in [3.63, 3.8) is 0 Å². The lowest BCUT2D eigenvalue weighted by atomic mass is 9.92. The number of aldehydes is 1. The van der Waals surface area contributed by atoms with Gasteiger partial charge in [-0.2, -0.15) is 0 Å². The molecule has 4 rings (SSSR count). The Morgan fingerprint density at radius 2 is 1.32 bits per heavy atom. The number of aryl methyl sites for hydroxylation is 3. The molecule has 4 N–H and O–H groups in total. The van der Waals surface area contributed by atoms with E-state index in [0.717, 1.165) is 67.0 Å². The first kappa shape index (κ1) is 33.9. The molecule has 212 valence electrons. The van der Waals surface area contributed by atoms with Gasteiger partial charge in [0.15, 0.2) is 6.29 Å². The maximum atomic E-state index is 11.5. The molecule has 6 nitrogen and oxygen atoms in total. The van der Waals surface area contributed by atoms with E-state index in [-0.39, 0.29) is 0 Å². The van der Waals surface area contributed by atoms with Gasteiger partial charge >= 0.3 is 5.97 Å². The van der Waals surface area contributed by atoms with E-state index in [1.807, 2.05) is 62.2 Å². The lowest BCUT2D eigenvalue weighted by molar-refractivity contribution is -0.131. The quantitative estimate of drug-likeness (QED) is 0.160. The fraction of sp³-hybridized carbons (Fsp3) is 0.265. The number of benzene rings is 4. The van der Waals surface area contributed by atoms with Crippen LogP contribution in [0.5, 0.6) is 5.75 Å². The molecule has 4 aromatic carbocycles. The van der Waals surface area contributed by atoms with Gasteiger partial charge in [0.25, 0.3) is 0 Å². The van der Waals surface area contributed by atoms with Gasteiger partial charge in [-0.1, -0.05) is 85.8 Å². The van der Waals surface area contributed by atoms with E-state index in [1.165, 1.54) is 18.1 Å². The highest BCUT2D eigenvalue weighted by Crippen LogP contribution is 2.34. The molecular weight excluding hydrogens is 500 g/mol. The van der Waals surface area contributed by atoms with Gasteiger partial charge in [0.05, 0.1) is 0 Å². The first-order valence-electron chi connectivity index (χ1n) is 13.4. The molecule has 0 spiro atoms. The molecule has 0 radical (unpaired) electrons. The summed E-state index contributed by atoms with van der Waals surface area (Å²) in [4.78, 5) is 30.9. The van der Waals surface area contributed by atoms with Crippen molar-refractivity contribution in [1.82, 2.24) is 0 Å². The number of fused-ring (bicyclic) bond motifs is 1. The van der Waals surface area contributed by atoms with Gasteiger partial charge < -0.3 is 21.0 Å². The Kier molecular flexibility index (Phi) is 16.8. The molecule has 0 heterocycles. The van der Waals surface area contributed by atoms with E-state index in [4.69, 9.17) is 21.0 Å². The number of carbonyl (C=O) groups is 3. The second-order valence-electron chi connectivity index (χ2n) is 8.95. The van der Waals surface area contributed by atoms with Crippen molar-refractivity contribution in [2.75, 3.05) is 13.1 Å². The van der Waals surface area contributed by atoms with Crippen molar-refractivity contribution in [2.45, 2.75) is 46.5 Å². The highest BCUT2D eigenvalue weighted by atomic mass is 16.5. The van der Waals surface area contributed by atoms with Crippen molar-refractivity contribution in [3.05, 3.63) is 113 Å². The number of carbonyl (C=O) groups excluding carboxylic acids is 3. The Morgan fingerprint density at radius 3 is 1.80 bits per heavy atom. The molecule has 0 saturated carbocycles. The summed E-state index contributed by atoms with van der Waals surface area (Å²) < 4.78 is 5.34. The zero-order valence-electron chi connectivity index (χ0n) is 23.9. The fourth-order valence-electron chi connectivity index (χ4n) is 4.03. The van der Waals surface area contributed by atoms with Gasteiger partial charge in [-0.05, 0) is 79.4 Å². The second kappa shape index (κ2) is 19.9. The third kappa shape index (κ3) is 11.3. The minimum atomic E-state index is -0.392. The summed E-state index contributed by atoms with van der Waals surface area (Å²) in [6.45, 7) is 9.00. The van der Waals surface area contributed by atoms with Crippen molar-refractivity contribution in [1.29, 1.82) is 0 Å². The molecule has 0 aromatic heterocycles. The second-order valence-corrected chi connectivity index (χ2v) is 8.95. The summed E-state index contributed by atoms with van der Waals surface area (Å²) in [5, 5.41) is 1.72. The molecule has 40 heavy (non-hydrogen) atoms. The molecule has 0 saturated heterocycles. The SMILES string of the molecule is C=O.CC(=O)Oc1ccc(CCc2ccccc2)c2c(C)ccc(C=O)c12.CCCN.NCCc1ccccc1. The van der Waals surface area contributed by atoms with Crippen LogP contribution in [0.1, 0.15) is 52.9 Å². The van der Waals surface area contributed by atoms with Gasteiger partial charge in [0.2, 0.25) is 0 Å². The molecule has 0 atom stereocenters. The summed E-state index contributed by atoms with van der Waals surface area (Å²) in [5.41, 5.74) is 15.7. The van der Waals surface area contributed by atoms with Crippen LogP contribution in [0, 0.1) is 6.92 Å². The molecule has 0 fully saturated rings. The average Bonchev–Trinajstić information content (AvgIpc) is 2.99. The molecule has 0 amide bonds. The zero-order valence-corrected chi connectivity index (χ0v) is 23.9. The van der Waals surface area contributed by atoms with Gasteiger partial charge in [-0.15, -0.1) is 0 Å². The van der Waals surface area contributed by atoms with Gasteiger partial charge in [-0.3, -0.25) is 9.59 Å². The fourth-order valence-corrected chi connectivity index (χ4v) is 4.03. The summed E-state index contributed by atoms with van der Waals surface area (Å²) in [6, 6.07) is 28.1. The Bertz CT molecular complexity index is 1290. The Balaban J connectivity index is 0.000000440. The van der Waals surface area contributed by atoms with Crippen molar-refractivity contribution >= 4 is 29.8 Å². The first-order valence-corrected chi connectivity index (χ1v) is 13.4. The van der Waals surface area contributed by atoms with Gasteiger partial charge in [0.1, 0.15) is 12.5 Å². The Hall–Kier alpha value is -4.13. The zero-order chi connectivity index (χ0) is 29.8. The lowest BCUT2D eigenvalue weighted by Crippen LogP contribution is -2.04. The number of esters is 1. The average molecular weight is 543 g/mol. The summed E-state index contributed by atoms with van der Waals surface area (Å²) in [7, 11) is 0. The van der Waals surface area contributed by atoms with E-state index < -0.39 is 5.97 Å². The van der Waals surface area contributed by atoms with E-state index in [0.29, 0.717) is 11.3 Å². The van der Waals surface area contributed by atoms with Gasteiger partial charge in [-0.25, -0.2) is 0 Å². The van der Waals surface area contributed by atoms with Crippen molar-refractivity contribution in [3.8, 4) is 5.75 Å². The summed E-state index contributed by atoms with van der Waals surface area (Å²) >= 11 is 0. The number of hydrogen-bond donors (Lipinski definition) is 2. The predicted molar refractivity (Wildman–Crippen MR) is 165 cm³/mol. The minimum absolute atomic E-state index is 0.392. The molecule has 0 aliphatic rings. The maximum absolute atomic E-state index is 11.5. The third-order valence-electron chi connectivity index (χ3n) is 5.92. The lowest BCUT2D eigenvalue weighted by Gasteiger charge is -2.15. The molecule has 0 aliphatic carbocycles. The first-order chi connectivity index (χ1) is 19.4. The van der Waals surface area contributed by atoms with Crippen LogP contribution in [0.4, 0.5) is 0 Å². The molecule has 0 bridgehead atoms. The summed E-state index contributed by atoms with van der Waals surface area (Å²) in [6.07, 6.45) is 4.66. The van der Waals surface area contributed by atoms with Gasteiger partial charge in [0, 0.05) is 17.9 Å². The van der Waals surface area contributed by atoms with Crippen LogP contribution >= 0.6 is 0 Å². The predicted octanol–water partition coefficient (Wildman–Crippen LogP) is 6.03. The molecule has 0 unspecified atom stereocenters. The van der Waals surface area contributed by atoms with Crippen LogP contribution in [-0.2, 0) is 28.9 Å². The van der Waals surface area contributed by atoms with E-state index >= 15 is 0 Å². The van der Waals surface area contributed by atoms with Crippen LogP contribution in [0.3, 0.4) is 0 Å². The topological polar surface area (TPSA) is 112 Å². The highest BCUT2D eigenvalue weighted by molar-refractivity contribution is 6.05. The smallest absolute Gasteiger partial charge is 0.308 e. The normalized spacial score (nSPS) is 9.62.